The number of pyridine rings is 1. The highest BCUT2D eigenvalue weighted by Crippen LogP contribution is 2.08. The van der Waals surface area contributed by atoms with Crippen molar-refractivity contribution in [2.75, 3.05) is 18.2 Å². The first kappa shape index (κ1) is 16.4. The predicted molar refractivity (Wildman–Crippen MR) is 78.8 cm³/mol. The zero-order chi connectivity index (χ0) is 14.1. The van der Waals surface area contributed by atoms with Crippen LogP contribution in [0.3, 0.4) is 0 Å². The van der Waals surface area contributed by atoms with Crippen LogP contribution in [0.1, 0.15) is 25.3 Å². The van der Waals surface area contributed by atoms with Crippen molar-refractivity contribution in [1.29, 1.82) is 0 Å². The highest BCUT2D eigenvalue weighted by atomic mass is 35.5. The molecule has 1 rings (SSSR count). The van der Waals surface area contributed by atoms with Crippen molar-refractivity contribution in [3.63, 3.8) is 0 Å². The molecule has 0 fully saturated rings. The summed E-state index contributed by atoms with van der Waals surface area (Å²) >= 11 is 5.68. The average molecular weight is 305 g/mol. The summed E-state index contributed by atoms with van der Waals surface area (Å²) in [4.78, 5) is 3.90. The molecule has 0 radical (unpaired) electrons. The number of nitrogens with one attached hydrogen (secondary N) is 1. The smallest absolute Gasteiger partial charge is 0.211 e. The van der Waals surface area contributed by atoms with Crippen molar-refractivity contribution in [2.24, 2.45) is 5.92 Å². The molecule has 1 heterocycles. The van der Waals surface area contributed by atoms with E-state index in [1.54, 1.807) is 12.4 Å². The van der Waals surface area contributed by atoms with E-state index in [1.165, 1.54) is 0 Å². The standard InChI is InChI=1S/C13H21ClN2O2S/c1-2-12(3-7-14)11-16-19(17,18)10-6-13-4-8-15-9-5-13/h4-5,8-9,12,16H,2-3,6-7,10-11H2,1H3. The van der Waals surface area contributed by atoms with Gasteiger partial charge in [0.2, 0.25) is 10.0 Å². The number of aryl methyl sites for hydroxylation is 1. The van der Waals surface area contributed by atoms with Crippen LogP contribution in [0.5, 0.6) is 0 Å². The second-order valence-corrected chi connectivity index (χ2v) is 6.83. The van der Waals surface area contributed by atoms with E-state index in [0.29, 0.717) is 24.8 Å². The van der Waals surface area contributed by atoms with E-state index in [9.17, 15) is 8.42 Å². The molecule has 0 aromatic carbocycles. The van der Waals surface area contributed by atoms with Crippen LogP contribution >= 0.6 is 11.6 Å². The molecule has 0 aliphatic heterocycles. The van der Waals surface area contributed by atoms with Crippen LogP contribution in [0.2, 0.25) is 0 Å². The van der Waals surface area contributed by atoms with Gasteiger partial charge in [0, 0.05) is 24.8 Å². The van der Waals surface area contributed by atoms with Crippen molar-refractivity contribution in [3.05, 3.63) is 30.1 Å². The molecule has 19 heavy (non-hydrogen) atoms. The Hall–Kier alpha value is -0.650. The number of rotatable bonds is 9. The number of hydrogen-bond donors (Lipinski definition) is 1. The highest BCUT2D eigenvalue weighted by Gasteiger charge is 2.13. The fourth-order valence-electron chi connectivity index (χ4n) is 1.72. The third kappa shape index (κ3) is 6.89. The van der Waals surface area contributed by atoms with E-state index in [-0.39, 0.29) is 5.75 Å². The van der Waals surface area contributed by atoms with Crippen LogP contribution in [0.25, 0.3) is 0 Å². The summed E-state index contributed by atoms with van der Waals surface area (Å²) in [5.41, 5.74) is 0.980. The second kappa shape index (κ2) is 8.51. The van der Waals surface area contributed by atoms with Gasteiger partial charge >= 0.3 is 0 Å². The molecular formula is C13H21ClN2O2S. The summed E-state index contributed by atoms with van der Waals surface area (Å²) in [6, 6.07) is 3.66. The van der Waals surface area contributed by atoms with Gasteiger partial charge in [-0.1, -0.05) is 13.3 Å². The van der Waals surface area contributed by atoms with Gasteiger partial charge in [-0.2, -0.15) is 0 Å². The van der Waals surface area contributed by atoms with Crippen molar-refractivity contribution in [2.45, 2.75) is 26.2 Å². The van der Waals surface area contributed by atoms with Crippen LogP contribution < -0.4 is 4.72 Å². The number of sulfonamides is 1. The maximum Gasteiger partial charge on any atom is 0.211 e. The molecule has 0 bridgehead atoms. The maximum atomic E-state index is 11.9. The minimum absolute atomic E-state index is 0.105. The Labute approximate surface area is 120 Å². The summed E-state index contributed by atoms with van der Waals surface area (Å²) in [6.07, 6.45) is 5.61. The quantitative estimate of drug-likeness (QED) is 0.712. The Balaban J connectivity index is 2.39. The van der Waals surface area contributed by atoms with Gasteiger partial charge in [0.25, 0.3) is 0 Å². The second-order valence-electron chi connectivity index (χ2n) is 4.52. The zero-order valence-corrected chi connectivity index (χ0v) is 12.8. The SMILES string of the molecule is CCC(CCCl)CNS(=O)(=O)CCc1ccncc1. The van der Waals surface area contributed by atoms with Gasteiger partial charge in [-0.25, -0.2) is 13.1 Å². The fraction of sp³-hybridized carbons (Fsp3) is 0.615. The molecule has 0 saturated carbocycles. The van der Waals surface area contributed by atoms with Gasteiger partial charge in [0.05, 0.1) is 5.75 Å². The maximum absolute atomic E-state index is 11.9. The lowest BCUT2D eigenvalue weighted by atomic mass is 10.0. The first-order chi connectivity index (χ1) is 9.07. The molecule has 0 amide bonds. The summed E-state index contributed by atoms with van der Waals surface area (Å²) in [6.45, 7) is 2.52. The first-order valence-electron chi connectivity index (χ1n) is 6.49. The Kier molecular flexibility index (Phi) is 7.34. The van der Waals surface area contributed by atoms with E-state index in [2.05, 4.69) is 9.71 Å². The molecule has 4 nitrogen and oxygen atoms in total. The molecule has 6 heteroatoms. The molecule has 0 spiro atoms. The minimum Gasteiger partial charge on any atom is -0.265 e. The normalized spacial score (nSPS) is 13.4. The Morgan fingerprint density at radius 1 is 1.37 bits per heavy atom. The summed E-state index contributed by atoms with van der Waals surface area (Å²) in [7, 11) is -3.22. The Bertz CT molecular complexity index is 451. The van der Waals surface area contributed by atoms with Crippen molar-refractivity contribution < 1.29 is 8.42 Å². The van der Waals surface area contributed by atoms with Crippen molar-refractivity contribution in [1.82, 2.24) is 9.71 Å². The minimum atomic E-state index is -3.22. The van der Waals surface area contributed by atoms with E-state index >= 15 is 0 Å². The van der Waals surface area contributed by atoms with Gasteiger partial charge in [-0.15, -0.1) is 11.6 Å². The van der Waals surface area contributed by atoms with E-state index in [0.717, 1.165) is 18.4 Å². The average Bonchev–Trinajstić information content (AvgIpc) is 2.42. The van der Waals surface area contributed by atoms with E-state index in [4.69, 9.17) is 11.6 Å². The summed E-state index contributed by atoms with van der Waals surface area (Å²) in [5, 5.41) is 0. The van der Waals surface area contributed by atoms with Gasteiger partial charge in [0.1, 0.15) is 0 Å². The molecule has 1 aromatic heterocycles. The van der Waals surface area contributed by atoms with Gasteiger partial charge in [-0.05, 0) is 36.5 Å². The Morgan fingerprint density at radius 2 is 2.05 bits per heavy atom. The molecule has 0 aliphatic rings. The van der Waals surface area contributed by atoms with Gasteiger partial charge < -0.3 is 0 Å². The Morgan fingerprint density at radius 3 is 2.63 bits per heavy atom. The first-order valence-corrected chi connectivity index (χ1v) is 8.68. The molecule has 1 N–H and O–H groups in total. The van der Waals surface area contributed by atoms with Crippen molar-refractivity contribution >= 4 is 21.6 Å². The molecule has 1 atom stereocenters. The molecule has 1 aromatic rings. The third-order valence-electron chi connectivity index (χ3n) is 3.10. The lowest BCUT2D eigenvalue weighted by Gasteiger charge is -2.14. The lowest BCUT2D eigenvalue weighted by Crippen LogP contribution is -2.32. The molecule has 1 unspecified atom stereocenters. The van der Waals surface area contributed by atoms with Crippen LogP contribution in [-0.2, 0) is 16.4 Å². The van der Waals surface area contributed by atoms with E-state index in [1.807, 2.05) is 19.1 Å². The number of alkyl halides is 1. The zero-order valence-electron chi connectivity index (χ0n) is 11.2. The monoisotopic (exact) mass is 304 g/mol. The summed E-state index contributed by atoms with van der Waals surface area (Å²) < 4.78 is 26.4. The fourth-order valence-corrected chi connectivity index (χ4v) is 3.17. The molecule has 0 saturated heterocycles. The number of halogens is 1. The van der Waals surface area contributed by atoms with Gasteiger partial charge in [-0.3, -0.25) is 4.98 Å². The highest BCUT2D eigenvalue weighted by molar-refractivity contribution is 7.89. The molecule has 108 valence electrons. The van der Waals surface area contributed by atoms with E-state index < -0.39 is 10.0 Å². The van der Waals surface area contributed by atoms with Crippen molar-refractivity contribution in [3.8, 4) is 0 Å². The largest absolute Gasteiger partial charge is 0.265 e. The third-order valence-corrected chi connectivity index (χ3v) is 4.66. The van der Waals surface area contributed by atoms with Crippen LogP contribution in [-0.4, -0.2) is 31.6 Å². The van der Waals surface area contributed by atoms with Crippen LogP contribution in [0.15, 0.2) is 24.5 Å². The number of hydrogen-bond acceptors (Lipinski definition) is 3. The lowest BCUT2D eigenvalue weighted by molar-refractivity contribution is 0.481. The number of aromatic nitrogens is 1. The predicted octanol–water partition coefficient (Wildman–Crippen LogP) is 2.20. The molecular weight excluding hydrogens is 284 g/mol. The summed E-state index contributed by atoms with van der Waals surface area (Å²) in [5.74, 6) is 0.985. The molecule has 0 aliphatic carbocycles. The van der Waals surface area contributed by atoms with Crippen LogP contribution in [0, 0.1) is 5.92 Å². The van der Waals surface area contributed by atoms with Crippen LogP contribution in [0.4, 0.5) is 0 Å². The topological polar surface area (TPSA) is 59.1 Å². The number of nitrogens with zero attached hydrogens (tertiary/aromatic N) is 1. The van der Waals surface area contributed by atoms with Gasteiger partial charge in [0.15, 0.2) is 0 Å².